The first-order valence-corrected chi connectivity index (χ1v) is 9.05. The number of hydrogen-bond donors (Lipinski definition) is 2. The molecular formula is C13H16ClN3O2S2. The molecule has 0 unspecified atom stereocenters. The molecule has 0 fully saturated rings. The molecule has 0 saturated heterocycles. The van der Waals surface area contributed by atoms with Crippen LogP contribution in [0.1, 0.15) is 16.3 Å². The standard InChI is InChI=1S/C13H16ClN3O2S2/c1-9-8-20-13(17-9)4-5-16-21(18,19)11-3-2-10(7-15)12(14)6-11/h2-3,6,8,16H,4-5,7,15H2,1H3. The molecule has 0 amide bonds. The maximum absolute atomic E-state index is 12.2. The van der Waals surface area contributed by atoms with E-state index in [-0.39, 0.29) is 11.4 Å². The molecule has 1 aromatic carbocycles. The Hall–Kier alpha value is -0.990. The van der Waals surface area contributed by atoms with Gasteiger partial charge in [0.15, 0.2) is 0 Å². The van der Waals surface area contributed by atoms with Crippen molar-refractivity contribution in [3.63, 3.8) is 0 Å². The van der Waals surface area contributed by atoms with E-state index in [2.05, 4.69) is 9.71 Å². The Labute approximate surface area is 133 Å². The van der Waals surface area contributed by atoms with Crippen LogP contribution in [0.25, 0.3) is 0 Å². The monoisotopic (exact) mass is 345 g/mol. The number of aryl methyl sites for hydroxylation is 1. The van der Waals surface area contributed by atoms with Crippen molar-refractivity contribution in [2.24, 2.45) is 5.73 Å². The molecule has 0 bridgehead atoms. The first-order valence-electron chi connectivity index (χ1n) is 6.31. The van der Waals surface area contributed by atoms with Gasteiger partial charge in [-0.2, -0.15) is 0 Å². The highest BCUT2D eigenvalue weighted by Gasteiger charge is 2.15. The van der Waals surface area contributed by atoms with Crippen LogP contribution >= 0.6 is 22.9 Å². The van der Waals surface area contributed by atoms with Gasteiger partial charge in [-0.15, -0.1) is 11.3 Å². The largest absolute Gasteiger partial charge is 0.326 e. The van der Waals surface area contributed by atoms with Gasteiger partial charge >= 0.3 is 0 Å². The summed E-state index contributed by atoms with van der Waals surface area (Å²) in [4.78, 5) is 4.43. The molecule has 2 rings (SSSR count). The zero-order valence-corrected chi connectivity index (χ0v) is 13.9. The Morgan fingerprint density at radius 1 is 1.43 bits per heavy atom. The van der Waals surface area contributed by atoms with Gasteiger partial charge in [0.2, 0.25) is 10.0 Å². The molecular weight excluding hydrogens is 330 g/mol. The van der Waals surface area contributed by atoms with Crippen molar-refractivity contribution in [1.29, 1.82) is 0 Å². The van der Waals surface area contributed by atoms with Gasteiger partial charge in [0.05, 0.1) is 9.90 Å². The summed E-state index contributed by atoms with van der Waals surface area (Å²) in [6.45, 7) is 2.48. The van der Waals surface area contributed by atoms with E-state index in [4.69, 9.17) is 17.3 Å². The number of halogens is 1. The van der Waals surface area contributed by atoms with Crippen LogP contribution in [0.3, 0.4) is 0 Å². The molecule has 0 aliphatic rings. The van der Waals surface area contributed by atoms with Gasteiger partial charge in [-0.25, -0.2) is 18.1 Å². The van der Waals surface area contributed by atoms with E-state index in [1.807, 2.05) is 12.3 Å². The van der Waals surface area contributed by atoms with Crippen molar-refractivity contribution in [3.8, 4) is 0 Å². The van der Waals surface area contributed by atoms with Gasteiger partial charge < -0.3 is 5.73 Å². The number of nitrogens with one attached hydrogen (secondary N) is 1. The molecule has 8 heteroatoms. The van der Waals surface area contributed by atoms with Crippen molar-refractivity contribution in [2.45, 2.75) is 24.8 Å². The molecule has 0 radical (unpaired) electrons. The van der Waals surface area contributed by atoms with Crippen LogP contribution in [-0.2, 0) is 23.0 Å². The third-order valence-corrected chi connectivity index (χ3v) is 5.69. The van der Waals surface area contributed by atoms with Crippen molar-refractivity contribution >= 4 is 33.0 Å². The van der Waals surface area contributed by atoms with Crippen LogP contribution in [0.15, 0.2) is 28.5 Å². The van der Waals surface area contributed by atoms with E-state index >= 15 is 0 Å². The second-order valence-corrected chi connectivity index (χ2v) is 7.60. The fraction of sp³-hybridized carbons (Fsp3) is 0.308. The number of rotatable bonds is 6. The number of thiazole rings is 1. The van der Waals surface area contributed by atoms with Crippen LogP contribution in [-0.4, -0.2) is 19.9 Å². The highest BCUT2D eigenvalue weighted by molar-refractivity contribution is 7.89. The fourth-order valence-electron chi connectivity index (χ4n) is 1.75. The summed E-state index contributed by atoms with van der Waals surface area (Å²) in [5, 5.41) is 3.21. The summed E-state index contributed by atoms with van der Waals surface area (Å²) in [7, 11) is -3.57. The van der Waals surface area contributed by atoms with E-state index in [0.29, 0.717) is 23.6 Å². The highest BCUT2D eigenvalue weighted by atomic mass is 35.5. The first kappa shape index (κ1) is 16.4. The summed E-state index contributed by atoms with van der Waals surface area (Å²) in [6.07, 6.45) is 0.562. The molecule has 1 heterocycles. The maximum atomic E-state index is 12.2. The van der Waals surface area contributed by atoms with Gasteiger partial charge in [0.25, 0.3) is 0 Å². The number of nitrogens with two attached hydrogens (primary N) is 1. The van der Waals surface area contributed by atoms with Gasteiger partial charge in [-0.05, 0) is 24.6 Å². The maximum Gasteiger partial charge on any atom is 0.240 e. The lowest BCUT2D eigenvalue weighted by molar-refractivity contribution is 0.581. The third kappa shape index (κ3) is 4.24. The van der Waals surface area contributed by atoms with Gasteiger partial charge in [-0.3, -0.25) is 0 Å². The molecule has 5 nitrogen and oxygen atoms in total. The van der Waals surface area contributed by atoms with Crippen molar-refractivity contribution < 1.29 is 8.42 Å². The summed E-state index contributed by atoms with van der Waals surface area (Å²) in [5.41, 5.74) is 7.16. The Morgan fingerprint density at radius 2 is 2.19 bits per heavy atom. The Bertz CT molecular complexity index is 729. The van der Waals surface area contributed by atoms with Crippen LogP contribution in [0.5, 0.6) is 0 Å². The van der Waals surface area contributed by atoms with Gasteiger partial charge in [-0.1, -0.05) is 17.7 Å². The van der Waals surface area contributed by atoms with Crippen molar-refractivity contribution in [1.82, 2.24) is 9.71 Å². The Kier molecular flexibility index (Phi) is 5.34. The lowest BCUT2D eigenvalue weighted by Gasteiger charge is -2.08. The fourth-order valence-corrected chi connectivity index (χ4v) is 3.91. The predicted molar refractivity (Wildman–Crippen MR) is 85.1 cm³/mol. The van der Waals surface area contributed by atoms with E-state index in [9.17, 15) is 8.42 Å². The Morgan fingerprint density at radius 3 is 2.76 bits per heavy atom. The number of nitrogens with zero attached hydrogens (tertiary/aromatic N) is 1. The lowest BCUT2D eigenvalue weighted by atomic mass is 10.2. The number of hydrogen-bond acceptors (Lipinski definition) is 5. The number of benzene rings is 1. The van der Waals surface area contributed by atoms with Crippen molar-refractivity contribution in [3.05, 3.63) is 44.9 Å². The molecule has 0 spiro atoms. The first-order chi connectivity index (χ1) is 9.92. The molecule has 0 atom stereocenters. The smallest absolute Gasteiger partial charge is 0.240 e. The molecule has 2 aromatic rings. The molecule has 0 aliphatic heterocycles. The lowest BCUT2D eigenvalue weighted by Crippen LogP contribution is -2.26. The zero-order chi connectivity index (χ0) is 15.5. The van der Waals surface area contributed by atoms with E-state index < -0.39 is 10.0 Å². The summed E-state index contributed by atoms with van der Waals surface area (Å²) >= 11 is 7.51. The Balaban J connectivity index is 2.02. The van der Waals surface area contributed by atoms with Crippen LogP contribution in [0.2, 0.25) is 5.02 Å². The second-order valence-electron chi connectivity index (χ2n) is 4.49. The molecule has 21 heavy (non-hydrogen) atoms. The number of sulfonamides is 1. The van der Waals surface area contributed by atoms with Gasteiger partial charge in [0.1, 0.15) is 0 Å². The highest BCUT2D eigenvalue weighted by Crippen LogP contribution is 2.20. The van der Waals surface area contributed by atoms with Crippen LogP contribution < -0.4 is 10.5 Å². The normalized spacial score (nSPS) is 11.8. The topological polar surface area (TPSA) is 85.1 Å². The van der Waals surface area contributed by atoms with Crippen LogP contribution in [0, 0.1) is 6.92 Å². The minimum atomic E-state index is -3.57. The average Bonchev–Trinajstić information content (AvgIpc) is 2.84. The van der Waals surface area contributed by atoms with E-state index in [1.54, 1.807) is 6.07 Å². The molecule has 114 valence electrons. The van der Waals surface area contributed by atoms with Crippen LogP contribution in [0.4, 0.5) is 0 Å². The summed E-state index contributed by atoms with van der Waals surface area (Å²) in [5.74, 6) is 0. The second kappa shape index (κ2) is 6.85. The summed E-state index contributed by atoms with van der Waals surface area (Å²) < 4.78 is 26.9. The molecule has 1 aromatic heterocycles. The minimum absolute atomic E-state index is 0.139. The van der Waals surface area contributed by atoms with E-state index in [1.165, 1.54) is 23.5 Å². The van der Waals surface area contributed by atoms with Gasteiger partial charge in [0, 0.05) is 35.6 Å². The number of aromatic nitrogens is 1. The average molecular weight is 346 g/mol. The summed E-state index contributed by atoms with van der Waals surface area (Å²) in [6, 6.07) is 4.55. The van der Waals surface area contributed by atoms with Crippen molar-refractivity contribution in [2.75, 3.05) is 6.54 Å². The molecule has 3 N–H and O–H groups in total. The van der Waals surface area contributed by atoms with E-state index in [0.717, 1.165) is 10.7 Å². The zero-order valence-electron chi connectivity index (χ0n) is 11.5. The molecule has 0 aliphatic carbocycles. The third-order valence-electron chi connectivity index (χ3n) is 2.85. The minimum Gasteiger partial charge on any atom is -0.326 e. The predicted octanol–water partition coefficient (Wildman–Crippen LogP) is 2.08. The quantitative estimate of drug-likeness (QED) is 0.839. The SMILES string of the molecule is Cc1csc(CCNS(=O)(=O)c2ccc(CN)c(Cl)c2)n1. The molecule has 0 saturated carbocycles.